The molecule has 0 atom stereocenters. The van der Waals surface area contributed by atoms with Crippen molar-refractivity contribution < 1.29 is 13.2 Å². The highest BCUT2D eigenvalue weighted by Crippen LogP contribution is 2.17. The Morgan fingerprint density at radius 1 is 1.23 bits per heavy atom. The summed E-state index contributed by atoms with van der Waals surface area (Å²) in [6.07, 6.45) is 3.27. The van der Waals surface area contributed by atoms with Crippen LogP contribution in [0.5, 0.6) is 0 Å². The van der Waals surface area contributed by atoms with Gasteiger partial charge in [0.05, 0.1) is 17.1 Å². The van der Waals surface area contributed by atoms with E-state index < -0.39 is 10.0 Å². The first-order chi connectivity index (χ1) is 12.4. The minimum Gasteiger partial charge on any atom is -0.305 e. The van der Waals surface area contributed by atoms with E-state index >= 15 is 0 Å². The van der Waals surface area contributed by atoms with Gasteiger partial charge in [0, 0.05) is 38.1 Å². The summed E-state index contributed by atoms with van der Waals surface area (Å²) in [5.41, 5.74) is 1.02. The minimum atomic E-state index is -3.67. The van der Waals surface area contributed by atoms with Crippen molar-refractivity contribution in [2.45, 2.75) is 11.4 Å². The predicted octanol–water partition coefficient (Wildman–Crippen LogP) is 1.22. The van der Waals surface area contributed by atoms with Gasteiger partial charge >= 0.3 is 0 Å². The highest BCUT2D eigenvalue weighted by atomic mass is 32.2. The SMILES string of the molecule is CN(Cc1ccn[nH]1)S(=O)(=O)c1ccc(C(=O)Nc2ccn(C)n2)cc1. The zero-order chi connectivity index (χ0) is 18.7. The second-order valence-electron chi connectivity index (χ2n) is 5.70. The van der Waals surface area contributed by atoms with Crippen LogP contribution in [-0.4, -0.2) is 45.7 Å². The van der Waals surface area contributed by atoms with Crippen molar-refractivity contribution in [3.63, 3.8) is 0 Å². The molecule has 0 spiro atoms. The van der Waals surface area contributed by atoms with Crippen molar-refractivity contribution in [2.24, 2.45) is 7.05 Å². The summed E-state index contributed by atoms with van der Waals surface area (Å²) in [6, 6.07) is 9.13. The predicted molar refractivity (Wildman–Crippen MR) is 94.8 cm³/mol. The number of aryl methyl sites for hydroxylation is 1. The Hall–Kier alpha value is -2.98. The summed E-state index contributed by atoms with van der Waals surface area (Å²) >= 11 is 0. The molecule has 0 saturated heterocycles. The fourth-order valence-corrected chi connectivity index (χ4v) is 3.48. The highest BCUT2D eigenvalue weighted by Gasteiger charge is 2.21. The molecule has 0 aliphatic heterocycles. The molecule has 1 aromatic carbocycles. The summed E-state index contributed by atoms with van der Waals surface area (Å²) in [4.78, 5) is 12.3. The summed E-state index contributed by atoms with van der Waals surface area (Å²) in [6.45, 7) is 0.171. The van der Waals surface area contributed by atoms with Crippen LogP contribution in [0.2, 0.25) is 0 Å². The lowest BCUT2D eigenvalue weighted by molar-refractivity contribution is 0.102. The minimum absolute atomic E-state index is 0.105. The Bertz CT molecular complexity index is 993. The quantitative estimate of drug-likeness (QED) is 0.673. The van der Waals surface area contributed by atoms with Gasteiger partial charge in [-0.05, 0) is 30.3 Å². The van der Waals surface area contributed by atoms with Gasteiger partial charge in [0.25, 0.3) is 5.91 Å². The molecule has 0 aliphatic carbocycles. The number of hydrogen-bond donors (Lipinski definition) is 2. The molecule has 26 heavy (non-hydrogen) atoms. The Kier molecular flexibility index (Phi) is 4.87. The van der Waals surface area contributed by atoms with Crippen LogP contribution in [0.4, 0.5) is 5.82 Å². The van der Waals surface area contributed by atoms with Crippen LogP contribution in [0.25, 0.3) is 0 Å². The molecule has 0 saturated carbocycles. The van der Waals surface area contributed by atoms with Crippen molar-refractivity contribution in [2.75, 3.05) is 12.4 Å². The number of nitrogens with zero attached hydrogens (tertiary/aromatic N) is 4. The van der Waals surface area contributed by atoms with Crippen LogP contribution in [0.1, 0.15) is 16.1 Å². The van der Waals surface area contributed by atoms with Crippen LogP contribution in [-0.2, 0) is 23.6 Å². The Labute approximate surface area is 150 Å². The number of rotatable bonds is 6. The first-order valence-corrected chi connectivity index (χ1v) is 9.16. The van der Waals surface area contributed by atoms with E-state index in [1.165, 1.54) is 35.6 Å². The van der Waals surface area contributed by atoms with E-state index in [0.717, 1.165) is 0 Å². The van der Waals surface area contributed by atoms with Crippen molar-refractivity contribution in [3.05, 3.63) is 60.0 Å². The van der Waals surface area contributed by atoms with Crippen LogP contribution in [0, 0.1) is 0 Å². The molecule has 10 heteroatoms. The zero-order valence-corrected chi connectivity index (χ0v) is 15.1. The monoisotopic (exact) mass is 374 g/mol. The number of aromatic amines is 1. The van der Waals surface area contributed by atoms with Gasteiger partial charge in [0.1, 0.15) is 0 Å². The third-order valence-electron chi connectivity index (χ3n) is 3.73. The number of aromatic nitrogens is 4. The molecular weight excluding hydrogens is 356 g/mol. The maximum absolute atomic E-state index is 12.6. The number of anilines is 1. The molecule has 0 unspecified atom stereocenters. The Morgan fingerprint density at radius 2 is 1.96 bits per heavy atom. The number of carbonyl (C=O) groups is 1. The molecule has 1 amide bonds. The normalized spacial score (nSPS) is 11.7. The smallest absolute Gasteiger partial charge is 0.256 e. The zero-order valence-electron chi connectivity index (χ0n) is 14.2. The molecule has 0 bridgehead atoms. The highest BCUT2D eigenvalue weighted by molar-refractivity contribution is 7.89. The van der Waals surface area contributed by atoms with Gasteiger partial charge in [0.2, 0.25) is 10.0 Å². The van der Waals surface area contributed by atoms with Gasteiger partial charge in [-0.15, -0.1) is 0 Å². The topological polar surface area (TPSA) is 113 Å². The molecule has 2 N–H and O–H groups in total. The van der Waals surface area contributed by atoms with E-state index in [2.05, 4.69) is 20.6 Å². The molecular formula is C16H18N6O3S. The molecule has 2 aromatic heterocycles. The maximum Gasteiger partial charge on any atom is 0.256 e. The van der Waals surface area contributed by atoms with Crippen LogP contribution in [0.3, 0.4) is 0 Å². The van der Waals surface area contributed by atoms with Crippen molar-refractivity contribution >= 4 is 21.7 Å². The second kappa shape index (κ2) is 7.10. The van der Waals surface area contributed by atoms with Crippen molar-refractivity contribution in [1.82, 2.24) is 24.3 Å². The fraction of sp³-hybridized carbons (Fsp3) is 0.188. The van der Waals surface area contributed by atoms with Crippen LogP contribution >= 0.6 is 0 Å². The molecule has 0 aliphatic rings. The lowest BCUT2D eigenvalue weighted by Crippen LogP contribution is -2.26. The largest absolute Gasteiger partial charge is 0.305 e. The van der Waals surface area contributed by atoms with E-state index in [1.54, 1.807) is 36.3 Å². The maximum atomic E-state index is 12.6. The summed E-state index contributed by atoms with van der Waals surface area (Å²) in [5, 5.41) is 13.2. The number of H-pyrrole nitrogens is 1. The summed E-state index contributed by atoms with van der Waals surface area (Å²) < 4.78 is 28.0. The van der Waals surface area contributed by atoms with Gasteiger partial charge in [0.15, 0.2) is 5.82 Å². The lowest BCUT2D eigenvalue weighted by Gasteiger charge is -2.16. The molecule has 136 valence electrons. The third-order valence-corrected chi connectivity index (χ3v) is 5.55. The van der Waals surface area contributed by atoms with Gasteiger partial charge in [-0.2, -0.15) is 14.5 Å². The van der Waals surface area contributed by atoms with E-state index in [9.17, 15) is 13.2 Å². The summed E-state index contributed by atoms with van der Waals surface area (Å²) in [7, 11) is -0.446. The molecule has 0 fully saturated rings. The number of sulfonamides is 1. The lowest BCUT2D eigenvalue weighted by atomic mass is 10.2. The molecule has 2 heterocycles. The number of hydrogen-bond acceptors (Lipinski definition) is 5. The molecule has 9 nitrogen and oxygen atoms in total. The standard InChI is InChI=1S/C16H18N6O3S/c1-21-10-8-15(20-21)18-16(23)12-3-5-14(6-4-12)26(24,25)22(2)11-13-7-9-17-19-13/h3-10H,11H2,1-2H3,(H,17,19)(H,18,20,23). The Balaban J connectivity index is 1.72. The second-order valence-corrected chi connectivity index (χ2v) is 7.74. The van der Waals surface area contributed by atoms with Gasteiger partial charge in [-0.25, -0.2) is 8.42 Å². The molecule has 3 rings (SSSR count). The van der Waals surface area contributed by atoms with Gasteiger partial charge in [-0.1, -0.05) is 0 Å². The molecule has 0 radical (unpaired) electrons. The van der Waals surface area contributed by atoms with E-state index in [0.29, 0.717) is 17.1 Å². The van der Waals surface area contributed by atoms with Crippen LogP contribution in [0.15, 0.2) is 53.7 Å². The number of carbonyl (C=O) groups excluding carboxylic acids is 1. The van der Waals surface area contributed by atoms with Crippen molar-refractivity contribution in [3.8, 4) is 0 Å². The van der Waals surface area contributed by atoms with Crippen molar-refractivity contribution in [1.29, 1.82) is 0 Å². The number of amides is 1. The number of benzene rings is 1. The summed E-state index contributed by atoms with van der Waals surface area (Å²) in [5.74, 6) is 0.0620. The molecule has 3 aromatic rings. The average Bonchev–Trinajstić information content (AvgIpc) is 3.26. The first-order valence-electron chi connectivity index (χ1n) is 7.72. The Morgan fingerprint density at radius 3 is 2.54 bits per heavy atom. The first kappa shape index (κ1) is 17.8. The average molecular weight is 374 g/mol. The van der Waals surface area contributed by atoms with E-state index in [-0.39, 0.29) is 17.3 Å². The van der Waals surface area contributed by atoms with E-state index in [1.807, 2.05) is 0 Å². The third kappa shape index (κ3) is 3.81. The van der Waals surface area contributed by atoms with Gasteiger partial charge in [-0.3, -0.25) is 14.6 Å². The van der Waals surface area contributed by atoms with Crippen LogP contribution < -0.4 is 5.32 Å². The number of nitrogens with one attached hydrogen (secondary N) is 2. The van der Waals surface area contributed by atoms with Gasteiger partial charge < -0.3 is 5.32 Å². The van der Waals surface area contributed by atoms with E-state index in [4.69, 9.17) is 0 Å². The fourth-order valence-electron chi connectivity index (χ4n) is 2.33.